The molecule has 0 heterocycles. The normalized spacial score (nSPS) is 13.5. The first-order chi connectivity index (χ1) is 4.70. The lowest BCUT2D eigenvalue weighted by atomic mass is 10.2. The average Bonchev–Trinajstić information content (AvgIpc) is 1.88. The van der Waals surface area contributed by atoms with Gasteiger partial charge in [0.05, 0.1) is 0 Å². The Hall–Kier alpha value is -0.490. The molecule has 0 fully saturated rings. The molecule has 0 rings (SSSR count). The first-order valence-electron chi connectivity index (χ1n) is 3.36. The van der Waals surface area contributed by atoms with Crippen molar-refractivity contribution in [2.24, 2.45) is 0 Å². The molecule has 0 unspecified atom stereocenters. The monoisotopic (exact) mass is 156 g/mol. The number of hydrogen-bond donors (Lipinski definition) is 0. The fraction of sp³-hybridized carbons (Fsp3) is 0.333. The maximum absolute atomic E-state index is 5.78. The standard InChI is InChI=1S/C9H13Cl/c1-4-6-8(3)7-9(10)5-2/h4,6-7H,1,5H2,2-3H3/b8-6-,9-7+. The highest BCUT2D eigenvalue weighted by Gasteiger charge is 1.85. The molecule has 0 aromatic heterocycles. The van der Waals surface area contributed by atoms with Crippen molar-refractivity contribution in [2.45, 2.75) is 20.3 Å². The molecule has 0 aliphatic rings. The maximum Gasteiger partial charge on any atom is 0.0180 e. The van der Waals surface area contributed by atoms with Crippen LogP contribution in [0.3, 0.4) is 0 Å². The highest BCUT2D eigenvalue weighted by Crippen LogP contribution is 2.09. The Morgan fingerprint density at radius 2 is 2.20 bits per heavy atom. The highest BCUT2D eigenvalue weighted by molar-refractivity contribution is 6.29. The second kappa shape index (κ2) is 5.31. The van der Waals surface area contributed by atoms with Crippen LogP contribution < -0.4 is 0 Å². The molecule has 0 amide bonds. The predicted octanol–water partition coefficient (Wildman–Crippen LogP) is 3.65. The topological polar surface area (TPSA) is 0 Å². The van der Waals surface area contributed by atoms with Gasteiger partial charge in [0.1, 0.15) is 0 Å². The van der Waals surface area contributed by atoms with Crippen molar-refractivity contribution in [3.05, 3.63) is 35.4 Å². The van der Waals surface area contributed by atoms with Crippen molar-refractivity contribution in [3.63, 3.8) is 0 Å². The van der Waals surface area contributed by atoms with Gasteiger partial charge < -0.3 is 0 Å². The van der Waals surface area contributed by atoms with Crippen molar-refractivity contribution < 1.29 is 0 Å². The smallest absolute Gasteiger partial charge is 0.0180 e. The summed E-state index contributed by atoms with van der Waals surface area (Å²) < 4.78 is 0. The first-order valence-corrected chi connectivity index (χ1v) is 3.74. The molecule has 0 saturated carbocycles. The number of hydrogen-bond acceptors (Lipinski definition) is 0. The van der Waals surface area contributed by atoms with Crippen LogP contribution in [0.15, 0.2) is 35.4 Å². The number of halogens is 1. The van der Waals surface area contributed by atoms with Crippen molar-refractivity contribution in [2.75, 3.05) is 0 Å². The van der Waals surface area contributed by atoms with E-state index in [4.69, 9.17) is 11.6 Å². The molecular weight excluding hydrogens is 144 g/mol. The number of allylic oxidation sites excluding steroid dienone is 5. The summed E-state index contributed by atoms with van der Waals surface area (Å²) in [6.45, 7) is 7.61. The van der Waals surface area contributed by atoms with Crippen LogP contribution in [-0.2, 0) is 0 Å². The van der Waals surface area contributed by atoms with Gasteiger partial charge in [-0.25, -0.2) is 0 Å². The molecule has 0 saturated heterocycles. The lowest BCUT2D eigenvalue weighted by Crippen LogP contribution is -1.70. The Bertz CT molecular complexity index is 164. The third kappa shape index (κ3) is 4.39. The predicted molar refractivity (Wildman–Crippen MR) is 48.2 cm³/mol. The van der Waals surface area contributed by atoms with Gasteiger partial charge in [-0.1, -0.05) is 42.8 Å². The molecule has 0 radical (unpaired) electrons. The zero-order valence-electron chi connectivity index (χ0n) is 6.52. The molecule has 0 aliphatic carbocycles. The van der Waals surface area contributed by atoms with Gasteiger partial charge >= 0.3 is 0 Å². The van der Waals surface area contributed by atoms with E-state index in [1.165, 1.54) is 0 Å². The van der Waals surface area contributed by atoms with Crippen LogP contribution >= 0.6 is 11.6 Å². The van der Waals surface area contributed by atoms with Gasteiger partial charge in [0, 0.05) is 5.03 Å². The summed E-state index contributed by atoms with van der Waals surface area (Å²) >= 11 is 5.78. The molecule has 10 heavy (non-hydrogen) atoms. The second-order valence-corrected chi connectivity index (χ2v) is 2.58. The molecule has 0 bridgehead atoms. The van der Waals surface area contributed by atoms with Crippen LogP contribution in [-0.4, -0.2) is 0 Å². The molecule has 0 aromatic carbocycles. The van der Waals surface area contributed by atoms with E-state index in [1.54, 1.807) is 6.08 Å². The second-order valence-electron chi connectivity index (χ2n) is 2.09. The summed E-state index contributed by atoms with van der Waals surface area (Å²) in [4.78, 5) is 0. The van der Waals surface area contributed by atoms with Gasteiger partial charge in [-0.05, 0) is 19.4 Å². The van der Waals surface area contributed by atoms with E-state index < -0.39 is 0 Å². The molecule has 1 heteroatoms. The van der Waals surface area contributed by atoms with E-state index in [2.05, 4.69) is 6.58 Å². The summed E-state index contributed by atoms with van der Waals surface area (Å²) in [7, 11) is 0. The Morgan fingerprint density at radius 1 is 1.60 bits per heavy atom. The molecule has 0 aromatic rings. The quantitative estimate of drug-likeness (QED) is 0.548. The Balaban J connectivity index is 4.11. The van der Waals surface area contributed by atoms with Crippen LogP contribution in [0.4, 0.5) is 0 Å². The van der Waals surface area contributed by atoms with Crippen LogP contribution in [0.25, 0.3) is 0 Å². The van der Waals surface area contributed by atoms with E-state index >= 15 is 0 Å². The summed E-state index contributed by atoms with van der Waals surface area (Å²) in [5, 5.41) is 0.885. The lowest BCUT2D eigenvalue weighted by molar-refractivity contribution is 1.19. The molecule has 0 N–H and O–H groups in total. The van der Waals surface area contributed by atoms with Crippen LogP contribution in [0.1, 0.15) is 20.3 Å². The van der Waals surface area contributed by atoms with Crippen LogP contribution in [0, 0.1) is 0 Å². The van der Waals surface area contributed by atoms with E-state index in [9.17, 15) is 0 Å². The van der Waals surface area contributed by atoms with Crippen molar-refractivity contribution in [3.8, 4) is 0 Å². The summed E-state index contributed by atoms with van der Waals surface area (Å²) in [6, 6.07) is 0. The zero-order chi connectivity index (χ0) is 7.98. The van der Waals surface area contributed by atoms with Gasteiger partial charge in [0.15, 0.2) is 0 Å². The third-order valence-electron chi connectivity index (χ3n) is 1.10. The largest absolute Gasteiger partial charge is 0.0991 e. The van der Waals surface area contributed by atoms with Crippen molar-refractivity contribution in [1.82, 2.24) is 0 Å². The fourth-order valence-corrected chi connectivity index (χ4v) is 0.755. The van der Waals surface area contributed by atoms with Crippen LogP contribution in [0.2, 0.25) is 0 Å². The Kier molecular flexibility index (Phi) is 5.05. The van der Waals surface area contributed by atoms with Gasteiger partial charge in [-0.2, -0.15) is 0 Å². The SMILES string of the molecule is C=C/C=C(C)\C=C(\Cl)CC. The summed E-state index contributed by atoms with van der Waals surface area (Å²) in [5.74, 6) is 0. The molecule has 56 valence electrons. The Morgan fingerprint density at radius 3 is 2.60 bits per heavy atom. The van der Waals surface area contributed by atoms with E-state index in [1.807, 2.05) is 26.0 Å². The van der Waals surface area contributed by atoms with Gasteiger partial charge in [0.25, 0.3) is 0 Å². The number of rotatable bonds is 3. The van der Waals surface area contributed by atoms with E-state index in [0.717, 1.165) is 17.0 Å². The minimum absolute atomic E-state index is 0.885. The molecular formula is C9H13Cl. The van der Waals surface area contributed by atoms with Gasteiger partial charge in [0.2, 0.25) is 0 Å². The zero-order valence-corrected chi connectivity index (χ0v) is 7.28. The fourth-order valence-electron chi connectivity index (χ4n) is 0.583. The summed E-state index contributed by atoms with van der Waals surface area (Å²) in [5.41, 5.74) is 1.14. The molecule has 0 aliphatic heterocycles. The maximum atomic E-state index is 5.78. The summed E-state index contributed by atoms with van der Waals surface area (Å²) in [6.07, 6.45) is 6.52. The Labute approximate surface area is 67.9 Å². The lowest BCUT2D eigenvalue weighted by Gasteiger charge is -1.91. The molecule has 0 atom stereocenters. The minimum atomic E-state index is 0.885. The van der Waals surface area contributed by atoms with E-state index in [0.29, 0.717) is 0 Å². The average molecular weight is 157 g/mol. The highest BCUT2D eigenvalue weighted by atomic mass is 35.5. The van der Waals surface area contributed by atoms with Crippen LogP contribution in [0.5, 0.6) is 0 Å². The first kappa shape index (κ1) is 9.51. The van der Waals surface area contributed by atoms with Crippen molar-refractivity contribution >= 4 is 11.6 Å². The molecule has 0 nitrogen and oxygen atoms in total. The van der Waals surface area contributed by atoms with E-state index in [-0.39, 0.29) is 0 Å². The van der Waals surface area contributed by atoms with Gasteiger partial charge in [-0.15, -0.1) is 0 Å². The van der Waals surface area contributed by atoms with Crippen molar-refractivity contribution in [1.29, 1.82) is 0 Å². The van der Waals surface area contributed by atoms with Gasteiger partial charge in [-0.3, -0.25) is 0 Å². The third-order valence-corrected chi connectivity index (χ3v) is 1.48. The minimum Gasteiger partial charge on any atom is -0.0991 e. The molecule has 0 spiro atoms.